The molecule has 1 aliphatic rings. The molecule has 5 heteroatoms. The molecule has 1 aromatic rings. The van der Waals surface area contributed by atoms with E-state index in [1.54, 1.807) is 19.1 Å². The molecule has 2 unspecified atom stereocenters. The zero-order valence-corrected chi connectivity index (χ0v) is 12.5. The van der Waals surface area contributed by atoms with Gasteiger partial charge in [0, 0.05) is 12.2 Å². The smallest absolute Gasteiger partial charge is 0.335 e. The zero-order chi connectivity index (χ0) is 15.4. The molecule has 0 radical (unpaired) electrons. The predicted octanol–water partition coefficient (Wildman–Crippen LogP) is 3.25. The van der Waals surface area contributed by atoms with E-state index in [0.717, 1.165) is 5.92 Å². The third kappa shape index (κ3) is 4.21. The molecule has 1 aromatic carbocycles. The Kier molecular flexibility index (Phi) is 4.83. The van der Waals surface area contributed by atoms with Crippen LogP contribution >= 0.6 is 0 Å². The zero-order valence-electron chi connectivity index (χ0n) is 12.5. The van der Waals surface area contributed by atoms with Gasteiger partial charge in [-0.25, -0.2) is 9.59 Å². The minimum absolute atomic E-state index is 0.239. The number of benzene rings is 1. The molecule has 2 atom stereocenters. The molecule has 3 N–H and O–H groups in total. The van der Waals surface area contributed by atoms with Gasteiger partial charge in [-0.1, -0.05) is 13.3 Å². The van der Waals surface area contributed by atoms with Gasteiger partial charge in [-0.15, -0.1) is 0 Å². The highest BCUT2D eigenvalue weighted by Gasteiger charge is 2.21. The predicted molar refractivity (Wildman–Crippen MR) is 81.7 cm³/mol. The monoisotopic (exact) mass is 290 g/mol. The molecule has 1 saturated carbocycles. The molecule has 114 valence electrons. The number of carboxylic acids is 1. The number of hydrogen-bond acceptors (Lipinski definition) is 2. The molecule has 2 amide bonds. The molecule has 1 fully saturated rings. The van der Waals surface area contributed by atoms with Crippen molar-refractivity contribution < 1.29 is 14.7 Å². The second-order valence-electron chi connectivity index (χ2n) is 5.95. The number of urea groups is 1. The molecule has 0 heterocycles. The molecule has 2 rings (SSSR count). The second-order valence-corrected chi connectivity index (χ2v) is 5.95. The van der Waals surface area contributed by atoms with Crippen molar-refractivity contribution in [1.82, 2.24) is 5.32 Å². The van der Waals surface area contributed by atoms with E-state index in [2.05, 4.69) is 17.6 Å². The Bertz CT molecular complexity index is 542. The van der Waals surface area contributed by atoms with Gasteiger partial charge in [-0.05, 0) is 55.4 Å². The minimum Gasteiger partial charge on any atom is -0.478 e. The van der Waals surface area contributed by atoms with Gasteiger partial charge in [-0.2, -0.15) is 0 Å². The van der Waals surface area contributed by atoms with Gasteiger partial charge in [-0.3, -0.25) is 0 Å². The number of carbonyl (C=O) groups is 2. The summed E-state index contributed by atoms with van der Waals surface area (Å²) in [6.07, 6.45) is 3.59. The molecule has 0 saturated heterocycles. The lowest BCUT2D eigenvalue weighted by Crippen LogP contribution is -2.32. The van der Waals surface area contributed by atoms with Gasteiger partial charge in [0.1, 0.15) is 0 Å². The largest absolute Gasteiger partial charge is 0.478 e. The number of hydrogen-bond donors (Lipinski definition) is 3. The molecule has 1 aliphatic carbocycles. The first-order valence-corrected chi connectivity index (χ1v) is 7.34. The fourth-order valence-electron chi connectivity index (χ4n) is 2.90. The topological polar surface area (TPSA) is 78.4 Å². The van der Waals surface area contributed by atoms with Crippen LogP contribution < -0.4 is 10.6 Å². The minimum atomic E-state index is -0.959. The lowest BCUT2D eigenvalue weighted by molar-refractivity contribution is 0.0696. The van der Waals surface area contributed by atoms with E-state index in [-0.39, 0.29) is 11.6 Å². The van der Waals surface area contributed by atoms with Crippen LogP contribution in [0.4, 0.5) is 10.5 Å². The van der Waals surface area contributed by atoms with Crippen LogP contribution in [0, 0.1) is 18.8 Å². The first-order chi connectivity index (χ1) is 9.95. The summed E-state index contributed by atoms with van der Waals surface area (Å²) in [5, 5.41) is 14.6. The molecule has 5 nitrogen and oxygen atoms in total. The van der Waals surface area contributed by atoms with Crippen LogP contribution in [0.5, 0.6) is 0 Å². The van der Waals surface area contributed by atoms with Crippen LogP contribution in [-0.4, -0.2) is 23.7 Å². The van der Waals surface area contributed by atoms with Crippen LogP contribution in [-0.2, 0) is 0 Å². The highest BCUT2D eigenvalue weighted by molar-refractivity contribution is 5.92. The highest BCUT2D eigenvalue weighted by Crippen LogP contribution is 2.29. The van der Waals surface area contributed by atoms with Crippen molar-refractivity contribution in [2.45, 2.75) is 33.1 Å². The van der Waals surface area contributed by atoms with Gasteiger partial charge in [0.25, 0.3) is 0 Å². The lowest BCUT2D eigenvalue weighted by atomic mass is 10.1. The van der Waals surface area contributed by atoms with E-state index in [4.69, 9.17) is 5.11 Å². The van der Waals surface area contributed by atoms with Crippen LogP contribution in [0.1, 0.15) is 42.1 Å². The van der Waals surface area contributed by atoms with Gasteiger partial charge in [0.05, 0.1) is 5.56 Å². The summed E-state index contributed by atoms with van der Waals surface area (Å²) < 4.78 is 0. The first-order valence-electron chi connectivity index (χ1n) is 7.34. The lowest BCUT2D eigenvalue weighted by Gasteiger charge is -2.12. The molecule has 21 heavy (non-hydrogen) atoms. The summed E-state index contributed by atoms with van der Waals surface area (Å²) in [7, 11) is 0. The van der Waals surface area contributed by atoms with Crippen LogP contribution in [0.15, 0.2) is 18.2 Å². The molecule has 0 aliphatic heterocycles. The summed E-state index contributed by atoms with van der Waals surface area (Å²) in [4.78, 5) is 22.8. The van der Waals surface area contributed by atoms with Crippen molar-refractivity contribution in [3.63, 3.8) is 0 Å². The van der Waals surface area contributed by atoms with Gasteiger partial charge < -0.3 is 15.7 Å². The molecule has 0 bridgehead atoms. The number of anilines is 1. The van der Waals surface area contributed by atoms with E-state index in [9.17, 15) is 9.59 Å². The Morgan fingerprint density at radius 2 is 2.10 bits per heavy atom. The number of carboxylic acid groups (broad SMARTS) is 1. The van der Waals surface area contributed by atoms with E-state index in [0.29, 0.717) is 23.7 Å². The van der Waals surface area contributed by atoms with E-state index in [1.807, 2.05) is 0 Å². The van der Waals surface area contributed by atoms with Crippen LogP contribution in [0.3, 0.4) is 0 Å². The molecule has 0 spiro atoms. The van der Waals surface area contributed by atoms with E-state index < -0.39 is 5.97 Å². The van der Waals surface area contributed by atoms with Crippen molar-refractivity contribution in [3.05, 3.63) is 29.3 Å². The third-order valence-electron chi connectivity index (χ3n) is 4.07. The van der Waals surface area contributed by atoms with Crippen LogP contribution in [0.25, 0.3) is 0 Å². The first kappa shape index (κ1) is 15.4. The number of carbonyl (C=O) groups excluding carboxylic acids is 1. The maximum atomic E-state index is 11.8. The average molecular weight is 290 g/mol. The van der Waals surface area contributed by atoms with Gasteiger partial charge in [0.2, 0.25) is 0 Å². The summed E-state index contributed by atoms with van der Waals surface area (Å²) in [5.41, 5.74) is 1.49. The summed E-state index contributed by atoms with van der Waals surface area (Å²) in [6, 6.07) is 4.54. The Labute approximate surface area is 124 Å². The van der Waals surface area contributed by atoms with Crippen molar-refractivity contribution in [2.75, 3.05) is 11.9 Å². The van der Waals surface area contributed by atoms with Gasteiger partial charge >= 0.3 is 12.0 Å². The van der Waals surface area contributed by atoms with Crippen molar-refractivity contribution in [1.29, 1.82) is 0 Å². The Morgan fingerprint density at radius 1 is 1.33 bits per heavy atom. The summed E-state index contributed by atoms with van der Waals surface area (Å²) >= 11 is 0. The quantitative estimate of drug-likeness (QED) is 0.796. The Balaban J connectivity index is 1.85. The summed E-state index contributed by atoms with van der Waals surface area (Å²) in [5.74, 6) is 0.367. The maximum Gasteiger partial charge on any atom is 0.335 e. The average Bonchev–Trinajstić information content (AvgIpc) is 2.82. The van der Waals surface area contributed by atoms with Crippen LogP contribution in [0.2, 0.25) is 0 Å². The maximum absolute atomic E-state index is 11.8. The summed E-state index contributed by atoms with van der Waals surface area (Å²) in [6.45, 7) is 4.65. The number of nitrogens with one attached hydrogen (secondary N) is 2. The Hall–Kier alpha value is -2.04. The highest BCUT2D eigenvalue weighted by atomic mass is 16.4. The molecular formula is C16H22N2O3. The second kappa shape index (κ2) is 6.61. The van der Waals surface area contributed by atoms with E-state index >= 15 is 0 Å². The standard InChI is InChI=1S/C16H22N2O3/c1-10-3-4-12(7-10)9-17-16(21)18-13-5-6-14(15(19)20)11(2)8-13/h5-6,8,10,12H,3-4,7,9H2,1-2H3,(H,19,20)(H2,17,18,21). The normalized spacial score (nSPS) is 21.0. The Morgan fingerprint density at radius 3 is 2.67 bits per heavy atom. The van der Waals surface area contributed by atoms with Gasteiger partial charge in [0.15, 0.2) is 0 Å². The number of aryl methyl sites for hydroxylation is 1. The SMILES string of the molecule is Cc1cc(NC(=O)NCC2CCC(C)C2)ccc1C(=O)O. The van der Waals surface area contributed by atoms with Crippen molar-refractivity contribution in [3.8, 4) is 0 Å². The van der Waals surface area contributed by atoms with E-state index in [1.165, 1.54) is 25.3 Å². The number of rotatable bonds is 4. The van der Waals surface area contributed by atoms with Crippen molar-refractivity contribution in [2.24, 2.45) is 11.8 Å². The fraction of sp³-hybridized carbons (Fsp3) is 0.500. The third-order valence-corrected chi connectivity index (χ3v) is 4.07. The number of aromatic carboxylic acids is 1. The molecule has 0 aromatic heterocycles. The molecular weight excluding hydrogens is 268 g/mol. The fourth-order valence-corrected chi connectivity index (χ4v) is 2.90. The number of amides is 2. The van der Waals surface area contributed by atoms with Crippen molar-refractivity contribution >= 4 is 17.7 Å².